The number of hydrogen-bond acceptors (Lipinski definition) is 1. The van der Waals surface area contributed by atoms with Crippen LogP contribution in [0.25, 0.3) is 0 Å². The molecule has 1 rings (SSSR count). The number of carbonyl (C=O) groups is 1. The fraction of sp³-hybridized carbons (Fsp3) is 0.600. The smallest absolute Gasteiger partial charge is 0.195 e. The predicted molar refractivity (Wildman–Crippen MR) is 48.1 cm³/mol. The van der Waals surface area contributed by atoms with Crippen molar-refractivity contribution in [2.24, 2.45) is 5.92 Å². The van der Waals surface area contributed by atoms with E-state index in [0.29, 0.717) is 0 Å². The SMILES string of the molecule is [CH-]=CC[CH-]C1CCCN(C)C1=O.[Y]. The van der Waals surface area contributed by atoms with E-state index < -0.39 is 0 Å². The molecule has 0 spiro atoms. The summed E-state index contributed by atoms with van der Waals surface area (Å²) in [6, 6.07) is 0. The van der Waals surface area contributed by atoms with E-state index in [1.165, 1.54) is 0 Å². The van der Waals surface area contributed by atoms with E-state index in [2.05, 4.69) is 0 Å². The first kappa shape index (κ1) is 13.3. The van der Waals surface area contributed by atoms with Gasteiger partial charge in [0.15, 0.2) is 5.91 Å². The van der Waals surface area contributed by atoms with E-state index in [1.807, 2.05) is 13.5 Å². The van der Waals surface area contributed by atoms with Crippen LogP contribution >= 0.6 is 0 Å². The molecule has 1 atom stereocenters. The molecule has 1 fully saturated rings. The monoisotopic (exact) mass is 254 g/mol. The molecule has 3 heteroatoms. The van der Waals surface area contributed by atoms with Gasteiger partial charge in [0.1, 0.15) is 0 Å². The maximum Gasteiger partial charge on any atom is 0.195 e. The van der Waals surface area contributed by atoms with Gasteiger partial charge in [-0.15, -0.1) is 0 Å². The summed E-state index contributed by atoms with van der Waals surface area (Å²) >= 11 is 0. The number of rotatable bonds is 3. The molecule has 0 saturated carbocycles. The molecule has 71 valence electrons. The Hall–Kier alpha value is 0.314. The molecule has 0 aliphatic carbocycles. The minimum absolute atomic E-state index is 0. The Morgan fingerprint density at radius 1 is 1.77 bits per heavy atom. The second-order valence-corrected chi connectivity index (χ2v) is 3.22. The Morgan fingerprint density at radius 2 is 2.46 bits per heavy atom. The van der Waals surface area contributed by atoms with Gasteiger partial charge in [0, 0.05) is 46.3 Å². The summed E-state index contributed by atoms with van der Waals surface area (Å²) in [4.78, 5) is 13.3. The maximum absolute atomic E-state index is 11.5. The van der Waals surface area contributed by atoms with Gasteiger partial charge in [0.25, 0.3) is 0 Å². The van der Waals surface area contributed by atoms with Gasteiger partial charge in [-0.25, -0.2) is 0 Å². The molecular weight excluding hydrogens is 239 g/mol. The van der Waals surface area contributed by atoms with Crippen LogP contribution < -0.4 is 0 Å². The summed E-state index contributed by atoms with van der Waals surface area (Å²) in [6.45, 7) is 6.14. The van der Waals surface area contributed by atoms with Crippen LogP contribution in [0.1, 0.15) is 19.3 Å². The van der Waals surface area contributed by atoms with Gasteiger partial charge in [-0.2, -0.15) is 6.42 Å². The molecule has 1 saturated heterocycles. The molecule has 0 aromatic rings. The van der Waals surface area contributed by atoms with Crippen molar-refractivity contribution in [1.29, 1.82) is 0 Å². The van der Waals surface area contributed by atoms with Gasteiger partial charge in [-0.3, -0.25) is 4.79 Å². The van der Waals surface area contributed by atoms with Gasteiger partial charge in [-0.1, -0.05) is 12.3 Å². The van der Waals surface area contributed by atoms with Gasteiger partial charge >= 0.3 is 0 Å². The van der Waals surface area contributed by atoms with Gasteiger partial charge in [0.2, 0.25) is 0 Å². The zero-order valence-corrected chi connectivity index (χ0v) is 10.9. The first-order valence-electron chi connectivity index (χ1n) is 4.37. The van der Waals surface area contributed by atoms with Crippen molar-refractivity contribution in [2.75, 3.05) is 13.6 Å². The molecule has 1 heterocycles. The van der Waals surface area contributed by atoms with E-state index >= 15 is 0 Å². The molecule has 1 aliphatic heterocycles. The second-order valence-electron chi connectivity index (χ2n) is 3.22. The summed E-state index contributed by atoms with van der Waals surface area (Å²) in [7, 11) is 1.86. The van der Waals surface area contributed by atoms with E-state index in [1.54, 1.807) is 11.0 Å². The minimum Gasteiger partial charge on any atom is -0.520 e. The number of piperidine rings is 1. The van der Waals surface area contributed by atoms with E-state index in [9.17, 15) is 4.79 Å². The number of nitrogens with zero attached hydrogens (tertiary/aromatic N) is 1. The molecule has 2 nitrogen and oxygen atoms in total. The minimum atomic E-state index is 0. The quantitative estimate of drug-likeness (QED) is 0.698. The Labute approximate surface area is 106 Å². The third-order valence-electron chi connectivity index (χ3n) is 2.26. The molecule has 1 radical (unpaired) electrons. The van der Waals surface area contributed by atoms with Crippen LogP contribution in [0.15, 0.2) is 6.08 Å². The number of amides is 1. The molecule has 0 bridgehead atoms. The number of allylic oxidation sites excluding steroid dienone is 1. The zero-order valence-electron chi connectivity index (χ0n) is 8.07. The summed E-state index contributed by atoms with van der Waals surface area (Å²) < 4.78 is 0. The predicted octanol–water partition coefficient (Wildman–Crippen LogP) is 1.44. The third kappa shape index (κ3) is 3.91. The Bertz CT molecular complexity index is 182. The van der Waals surface area contributed by atoms with Crippen LogP contribution in [0, 0.1) is 18.9 Å². The van der Waals surface area contributed by atoms with Crippen LogP contribution in [0.4, 0.5) is 0 Å². The van der Waals surface area contributed by atoms with Crippen LogP contribution in [0.5, 0.6) is 0 Å². The van der Waals surface area contributed by atoms with Crippen molar-refractivity contribution in [3.63, 3.8) is 0 Å². The number of carbonyl (C=O) groups excluding carboxylic acids is 1. The third-order valence-corrected chi connectivity index (χ3v) is 2.26. The van der Waals surface area contributed by atoms with Gasteiger partial charge in [-0.05, 0) is 6.42 Å². The summed E-state index contributed by atoms with van der Waals surface area (Å²) in [5.41, 5.74) is 0. The fourth-order valence-electron chi connectivity index (χ4n) is 1.53. The van der Waals surface area contributed by atoms with E-state index in [-0.39, 0.29) is 44.5 Å². The largest absolute Gasteiger partial charge is 0.520 e. The fourth-order valence-corrected chi connectivity index (χ4v) is 1.53. The van der Waals surface area contributed by atoms with E-state index in [4.69, 9.17) is 6.58 Å². The summed E-state index contributed by atoms with van der Waals surface area (Å²) in [5.74, 6) is 0.339. The Balaban J connectivity index is 0.00000144. The second kappa shape index (κ2) is 6.72. The van der Waals surface area contributed by atoms with Crippen molar-refractivity contribution in [3.8, 4) is 0 Å². The van der Waals surface area contributed by atoms with Crippen LogP contribution in [-0.4, -0.2) is 24.4 Å². The van der Waals surface area contributed by atoms with E-state index in [0.717, 1.165) is 25.8 Å². The standard InChI is InChI=1S/C10H15NO.Y/c1-3-4-6-9-7-5-8-11(2)10(9)12;/h1,3,6,9H,4-5,7-8H2,2H3;/q-2;. The Morgan fingerprint density at radius 3 is 3.08 bits per heavy atom. The molecule has 1 unspecified atom stereocenters. The first-order valence-corrected chi connectivity index (χ1v) is 4.37. The van der Waals surface area contributed by atoms with Crippen molar-refractivity contribution < 1.29 is 37.5 Å². The zero-order chi connectivity index (χ0) is 8.97. The summed E-state index contributed by atoms with van der Waals surface area (Å²) in [6.07, 6.45) is 6.40. The van der Waals surface area contributed by atoms with Crippen molar-refractivity contribution >= 4 is 5.91 Å². The first-order chi connectivity index (χ1) is 5.75. The van der Waals surface area contributed by atoms with Crippen LogP contribution in [0.3, 0.4) is 0 Å². The average Bonchev–Trinajstić information content (AvgIpc) is 2.08. The van der Waals surface area contributed by atoms with Gasteiger partial charge < -0.3 is 24.0 Å². The van der Waals surface area contributed by atoms with Gasteiger partial charge in [0.05, 0.1) is 0 Å². The number of likely N-dealkylation sites (tertiary alicyclic amines) is 1. The molecule has 0 aromatic heterocycles. The molecule has 0 N–H and O–H groups in total. The van der Waals surface area contributed by atoms with Crippen molar-refractivity contribution in [3.05, 3.63) is 19.1 Å². The van der Waals surface area contributed by atoms with Crippen LogP contribution in [-0.2, 0) is 37.5 Å². The number of hydrogen-bond donors (Lipinski definition) is 0. The topological polar surface area (TPSA) is 20.3 Å². The Kier molecular flexibility index (Phi) is 6.88. The molecule has 0 aromatic carbocycles. The maximum atomic E-state index is 11.5. The van der Waals surface area contributed by atoms with Crippen molar-refractivity contribution in [1.82, 2.24) is 4.90 Å². The molecule has 1 amide bonds. The molecule has 1 aliphatic rings. The average molecular weight is 254 g/mol. The van der Waals surface area contributed by atoms with Crippen LogP contribution in [0.2, 0.25) is 0 Å². The normalized spacial score (nSPS) is 22.4. The summed E-state index contributed by atoms with van der Waals surface area (Å²) in [5, 5.41) is 0. The molecule has 13 heavy (non-hydrogen) atoms. The van der Waals surface area contributed by atoms with Crippen molar-refractivity contribution in [2.45, 2.75) is 19.3 Å². The molecular formula is C10H15NOY-2.